The molecule has 5 nitrogen and oxygen atoms in total. The van der Waals surface area contributed by atoms with Gasteiger partial charge in [-0.2, -0.15) is 0 Å². The average Bonchev–Trinajstić information content (AvgIpc) is 2.30. The second-order valence-corrected chi connectivity index (χ2v) is 6.55. The Labute approximate surface area is 121 Å². The van der Waals surface area contributed by atoms with Crippen LogP contribution in [0.5, 0.6) is 0 Å². The number of nitrogen functional groups attached to an aromatic ring is 1. The number of ether oxygens (including phenoxy) is 1. The van der Waals surface area contributed by atoms with Crippen molar-refractivity contribution in [1.82, 2.24) is 9.97 Å². The van der Waals surface area contributed by atoms with Crippen LogP contribution in [-0.2, 0) is 10.2 Å². The van der Waals surface area contributed by atoms with Crippen molar-refractivity contribution < 1.29 is 4.74 Å². The molecule has 112 valence electrons. The predicted octanol–water partition coefficient (Wildman–Crippen LogP) is 2.64. The Bertz CT molecular complexity index is 475. The summed E-state index contributed by atoms with van der Waals surface area (Å²) in [6.07, 6.45) is 2.45. The molecule has 2 rings (SSSR count). The molecule has 0 aliphatic heterocycles. The Morgan fingerprint density at radius 3 is 2.50 bits per heavy atom. The Kier molecular flexibility index (Phi) is 4.18. The highest BCUT2D eigenvalue weighted by molar-refractivity contribution is 5.55. The fourth-order valence-corrected chi connectivity index (χ4v) is 2.26. The topological polar surface area (TPSA) is 73.1 Å². The maximum Gasteiger partial charge on any atom is 0.138 e. The number of hydrogen-bond donors (Lipinski definition) is 2. The monoisotopic (exact) mass is 278 g/mol. The molecule has 0 amide bonds. The molecule has 1 aromatic rings. The van der Waals surface area contributed by atoms with E-state index in [0.717, 1.165) is 36.7 Å². The van der Waals surface area contributed by atoms with Crippen LogP contribution < -0.4 is 11.1 Å². The van der Waals surface area contributed by atoms with Crippen molar-refractivity contribution in [2.24, 2.45) is 0 Å². The highest BCUT2D eigenvalue weighted by atomic mass is 16.5. The van der Waals surface area contributed by atoms with Crippen molar-refractivity contribution in [3.05, 3.63) is 11.4 Å². The first kappa shape index (κ1) is 15.0. The fraction of sp³-hybridized carbons (Fsp3) is 0.733. The summed E-state index contributed by atoms with van der Waals surface area (Å²) in [4.78, 5) is 9.06. The third-order valence-corrected chi connectivity index (χ3v) is 3.69. The summed E-state index contributed by atoms with van der Waals surface area (Å²) in [5.74, 6) is 2.21. The Morgan fingerprint density at radius 1 is 1.30 bits per heavy atom. The molecule has 5 heteroatoms. The quantitative estimate of drug-likeness (QED) is 0.885. The third-order valence-electron chi connectivity index (χ3n) is 3.69. The smallest absolute Gasteiger partial charge is 0.138 e. The lowest BCUT2D eigenvalue weighted by Gasteiger charge is -2.36. The average molecular weight is 278 g/mol. The highest BCUT2D eigenvalue weighted by Gasteiger charge is 2.30. The Morgan fingerprint density at radius 2 is 1.95 bits per heavy atom. The lowest BCUT2D eigenvalue weighted by molar-refractivity contribution is 0.00290. The molecule has 0 saturated heterocycles. The largest absolute Gasteiger partial charge is 0.383 e. The number of nitrogens with two attached hydrogens (primary N) is 1. The maximum absolute atomic E-state index is 6.01. The molecule has 3 N–H and O–H groups in total. The Balaban J connectivity index is 2.10. The van der Waals surface area contributed by atoms with Gasteiger partial charge in [0, 0.05) is 23.6 Å². The molecule has 1 aliphatic rings. The third kappa shape index (κ3) is 3.20. The van der Waals surface area contributed by atoms with Crippen molar-refractivity contribution in [2.45, 2.75) is 65.0 Å². The van der Waals surface area contributed by atoms with Crippen molar-refractivity contribution in [2.75, 3.05) is 17.7 Å². The first-order valence-electron chi connectivity index (χ1n) is 7.34. The van der Waals surface area contributed by atoms with Gasteiger partial charge >= 0.3 is 0 Å². The van der Waals surface area contributed by atoms with E-state index in [4.69, 9.17) is 10.5 Å². The van der Waals surface area contributed by atoms with E-state index in [1.54, 1.807) is 0 Å². The van der Waals surface area contributed by atoms with Gasteiger partial charge in [-0.15, -0.1) is 0 Å². The minimum absolute atomic E-state index is 0.105. The molecule has 0 aromatic carbocycles. The Hall–Kier alpha value is -1.36. The normalized spacial score (nSPS) is 22.4. The van der Waals surface area contributed by atoms with E-state index < -0.39 is 0 Å². The van der Waals surface area contributed by atoms with Gasteiger partial charge in [-0.3, -0.25) is 0 Å². The molecule has 20 heavy (non-hydrogen) atoms. The van der Waals surface area contributed by atoms with Crippen molar-refractivity contribution in [3.63, 3.8) is 0 Å². The van der Waals surface area contributed by atoms with Gasteiger partial charge in [-0.05, 0) is 26.7 Å². The van der Waals surface area contributed by atoms with Gasteiger partial charge in [0.05, 0.1) is 6.10 Å². The molecular formula is C15H26N4O. The molecule has 0 bridgehead atoms. The first-order valence-corrected chi connectivity index (χ1v) is 7.34. The van der Waals surface area contributed by atoms with E-state index in [9.17, 15) is 0 Å². The van der Waals surface area contributed by atoms with Gasteiger partial charge < -0.3 is 15.8 Å². The molecule has 1 saturated carbocycles. The minimum Gasteiger partial charge on any atom is -0.383 e. The summed E-state index contributed by atoms with van der Waals surface area (Å²) in [5, 5.41) is 3.48. The number of aromatic nitrogens is 2. The van der Waals surface area contributed by atoms with Crippen LogP contribution >= 0.6 is 0 Å². The summed E-state index contributed by atoms with van der Waals surface area (Å²) in [6.45, 7) is 11.1. The van der Waals surface area contributed by atoms with Gasteiger partial charge in [0.1, 0.15) is 17.5 Å². The first-order chi connectivity index (χ1) is 9.31. The second kappa shape index (κ2) is 5.56. The lowest BCUT2D eigenvalue weighted by Crippen LogP contribution is -2.41. The number of nitrogens with one attached hydrogen (secondary N) is 1. The van der Waals surface area contributed by atoms with E-state index in [0.29, 0.717) is 18.0 Å². The SMILES string of the molecule is CCOC1CC(Nc2nc(C(C)(C)C)nc(N)c2C)C1. The molecule has 1 aromatic heterocycles. The summed E-state index contributed by atoms with van der Waals surface area (Å²) < 4.78 is 5.58. The molecule has 1 heterocycles. The van der Waals surface area contributed by atoms with Gasteiger partial charge in [0.2, 0.25) is 0 Å². The summed E-state index contributed by atoms with van der Waals surface area (Å²) in [5.41, 5.74) is 6.84. The van der Waals surface area contributed by atoms with Crippen molar-refractivity contribution in [3.8, 4) is 0 Å². The van der Waals surface area contributed by atoms with E-state index in [-0.39, 0.29) is 5.41 Å². The van der Waals surface area contributed by atoms with Crippen LogP contribution in [0.15, 0.2) is 0 Å². The zero-order valence-electron chi connectivity index (χ0n) is 13.2. The van der Waals surface area contributed by atoms with Crippen LogP contribution in [0.1, 0.15) is 51.9 Å². The zero-order chi connectivity index (χ0) is 14.9. The standard InChI is InChI=1S/C15H26N4O/c1-6-20-11-7-10(8-11)17-13-9(2)12(16)18-14(19-13)15(3,4)5/h10-11H,6-8H2,1-5H3,(H3,16,17,18,19). The summed E-state index contributed by atoms with van der Waals surface area (Å²) in [6, 6.07) is 0.423. The van der Waals surface area contributed by atoms with Crippen LogP contribution in [0.25, 0.3) is 0 Å². The zero-order valence-corrected chi connectivity index (χ0v) is 13.2. The second-order valence-electron chi connectivity index (χ2n) is 6.55. The minimum atomic E-state index is -0.105. The van der Waals surface area contributed by atoms with Crippen LogP contribution in [0.4, 0.5) is 11.6 Å². The van der Waals surface area contributed by atoms with Gasteiger partial charge in [0.25, 0.3) is 0 Å². The van der Waals surface area contributed by atoms with E-state index in [2.05, 4.69) is 36.1 Å². The molecule has 0 atom stereocenters. The van der Waals surface area contributed by atoms with Crippen LogP contribution in [0.2, 0.25) is 0 Å². The number of hydrogen-bond acceptors (Lipinski definition) is 5. The van der Waals surface area contributed by atoms with E-state index in [1.807, 2.05) is 13.8 Å². The summed E-state index contributed by atoms with van der Waals surface area (Å²) >= 11 is 0. The van der Waals surface area contributed by atoms with Crippen LogP contribution in [-0.4, -0.2) is 28.7 Å². The number of rotatable bonds is 4. The molecule has 0 unspecified atom stereocenters. The highest BCUT2D eigenvalue weighted by Crippen LogP contribution is 2.30. The van der Waals surface area contributed by atoms with Gasteiger partial charge in [0.15, 0.2) is 0 Å². The molecule has 1 aliphatic carbocycles. The van der Waals surface area contributed by atoms with E-state index in [1.165, 1.54) is 0 Å². The number of nitrogens with zero attached hydrogens (tertiary/aromatic N) is 2. The predicted molar refractivity (Wildman–Crippen MR) is 81.9 cm³/mol. The van der Waals surface area contributed by atoms with Gasteiger partial charge in [-0.1, -0.05) is 20.8 Å². The molecule has 0 radical (unpaired) electrons. The maximum atomic E-state index is 6.01. The van der Waals surface area contributed by atoms with Crippen LogP contribution in [0.3, 0.4) is 0 Å². The van der Waals surface area contributed by atoms with Gasteiger partial charge in [-0.25, -0.2) is 9.97 Å². The van der Waals surface area contributed by atoms with Crippen molar-refractivity contribution >= 4 is 11.6 Å². The van der Waals surface area contributed by atoms with Crippen molar-refractivity contribution in [1.29, 1.82) is 0 Å². The number of anilines is 2. The van der Waals surface area contributed by atoms with Crippen LogP contribution in [0, 0.1) is 6.92 Å². The molecule has 1 fully saturated rings. The fourth-order valence-electron chi connectivity index (χ4n) is 2.26. The van der Waals surface area contributed by atoms with E-state index >= 15 is 0 Å². The molecule has 0 spiro atoms. The molecular weight excluding hydrogens is 252 g/mol. The summed E-state index contributed by atoms with van der Waals surface area (Å²) in [7, 11) is 0. The lowest BCUT2D eigenvalue weighted by atomic mass is 9.89.